The van der Waals surface area contributed by atoms with Gasteiger partial charge < -0.3 is 10.2 Å². The molecule has 0 saturated heterocycles. The molecule has 0 fully saturated rings. The number of aliphatic carboxylic acids is 1. The maximum Gasteiger partial charge on any atom is 0.303 e. The molecule has 0 rings (SSSR count). The highest BCUT2D eigenvalue weighted by molar-refractivity contribution is 5.66. The van der Waals surface area contributed by atoms with Crippen LogP contribution >= 0.6 is 0 Å². The number of aliphatic hydroxyl groups excluding tert-OH is 1. The second-order valence-electron chi connectivity index (χ2n) is 3.08. The van der Waals surface area contributed by atoms with Crippen LogP contribution in [0.1, 0.15) is 25.7 Å². The predicted molar refractivity (Wildman–Crippen MR) is 56.5 cm³/mol. The van der Waals surface area contributed by atoms with Crippen molar-refractivity contribution in [3.63, 3.8) is 0 Å². The van der Waals surface area contributed by atoms with Crippen LogP contribution in [-0.2, 0) is 9.59 Å². The summed E-state index contributed by atoms with van der Waals surface area (Å²) in [6.07, 6.45) is 8.14. The summed E-state index contributed by atoms with van der Waals surface area (Å²) >= 11 is 0. The number of rotatable bonds is 8. The van der Waals surface area contributed by atoms with Gasteiger partial charge in [-0.1, -0.05) is 18.2 Å². The van der Waals surface area contributed by atoms with Gasteiger partial charge in [-0.3, -0.25) is 9.59 Å². The second-order valence-corrected chi connectivity index (χ2v) is 3.08. The van der Waals surface area contributed by atoms with E-state index in [9.17, 15) is 14.7 Å². The van der Waals surface area contributed by atoms with Crippen LogP contribution in [0.15, 0.2) is 24.3 Å². The Morgan fingerprint density at radius 3 is 2.67 bits per heavy atom. The van der Waals surface area contributed by atoms with Crippen LogP contribution in [0.3, 0.4) is 0 Å². The molecule has 0 aliphatic rings. The van der Waals surface area contributed by atoms with Crippen molar-refractivity contribution in [2.24, 2.45) is 0 Å². The topological polar surface area (TPSA) is 74.6 Å². The first-order valence-corrected chi connectivity index (χ1v) is 4.83. The Labute approximate surface area is 88.9 Å². The molecular weight excluding hydrogens is 196 g/mol. The Morgan fingerprint density at radius 2 is 2.07 bits per heavy atom. The number of carboxylic acids is 1. The van der Waals surface area contributed by atoms with E-state index in [0.29, 0.717) is 25.5 Å². The van der Waals surface area contributed by atoms with E-state index in [-0.39, 0.29) is 6.42 Å². The molecule has 0 aromatic rings. The zero-order chi connectivity index (χ0) is 11.5. The first-order valence-electron chi connectivity index (χ1n) is 4.83. The van der Waals surface area contributed by atoms with Crippen molar-refractivity contribution in [1.29, 1.82) is 0 Å². The molecule has 0 saturated carbocycles. The number of unbranched alkanes of at least 4 members (excludes halogenated alkanes) is 1. The standard InChI is InChI=1S/C11H16O4/c12-9-5-7-10(13)6-3-1-2-4-8-11(14)15/h1,3,5,7,9-10,13H,2,4,6,8H2,(H,14,15). The SMILES string of the molecule is O=CC=CC(O)CC=CCCCC(=O)O. The van der Waals surface area contributed by atoms with Gasteiger partial charge in [0, 0.05) is 6.42 Å². The summed E-state index contributed by atoms with van der Waals surface area (Å²) in [5.41, 5.74) is 0. The highest BCUT2D eigenvalue weighted by Crippen LogP contribution is 2.00. The lowest BCUT2D eigenvalue weighted by molar-refractivity contribution is -0.137. The zero-order valence-electron chi connectivity index (χ0n) is 8.50. The summed E-state index contributed by atoms with van der Waals surface area (Å²) < 4.78 is 0. The van der Waals surface area contributed by atoms with Crippen LogP contribution in [0.2, 0.25) is 0 Å². The molecule has 0 bridgehead atoms. The largest absolute Gasteiger partial charge is 0.481 e. The van der Waals surface area contributed by atoms with Gasteiger partial charge in [-0.25, -0.2) is 0 Å². The van der Waals surface area contributed by atoms with Gasteiger partial charge in [0.05, 0.1) is 6.10 Å². The number of aldehydes is 1. The van der Waals surface area contributed by atoms with Crippen LogP contribution in [0.25, 0.3) is 0 Å². The fourth-order valence-electron chi connectivity index (χ4n) is 0.977. The predicted octanol–water partition coefficient (Wildman–Crippen LogP) is 1.30. The summed E-state index contributed by atoms with van der Waals surface area (Å²) in [5.74, 6) is -0.794. The van der Waals surface area contributed by atoms with Crippen molar-refractivity contribution in [1.82, 2.24) is 0 Å². The van der Waals surface area contributed by atoms with Gasteiger partial charge in [0.2, 0.25) is 0 Å². The van der Waals surface area contributed by atoms with Crippen LogP contribution in [-0.4, -0.2) is 28.6 Å². The fraction of sp³-hybridized carbons (Fsp3) is 0.455. The number of aliphatic hydroxyl groups is 1. The van der Waals surface area contributed by atoms with E-state index in [4.69, 9.17) is 5.11 Å². The maximum atomic E-state index is 10.2. The molecule has 15 heavy (non-hydrogen) atoms. The van der Waals surface area contributed by atoms with Crippen LogP contribution < -0.4 is 0 Å². The van der Waals surface area contributed by atoms with Crippen molar-refractivity contribution in [3.8, 4) is 0 Å². The van der Waals surface area contributed by atoms with Crippen molar-refractivity contribution in [2.75, 3.05) is 0 Å². The van der Waals surface area contributed by atoms with E-state index in [2.05, 4.69) is 0 Å². The van der Waals surface area contributed by atoms with Gasteiger partial charge in [-0.05, 0) is 25.3 Å². The van der Waals surface area contributed by atoms with E-state index in [0.717, 1.165) is 0 Å². The monoisotopic (exact) mass is 212 g/mol. The molecule has 0 aliphatic heterocycles. The van der Waals surface area contributed by atoms with Crippen LogP contribution in [0.4, 0.5) is 0 Å². The minimum atomic E-state index is -0.794. The molecule has 2 N–H and O–H groups in total. The average Bonchev–Trinajstić information content (AvgIpc) is 2.19. The first-order chi connectivity index (χ1) is 7.16. The van der Waals surface area contributed by atoms with Crippen LogP contribution in [0.5, 0.6) is 0 Å². The number of allylic oxidation sites excluding steroid dienone is 2. The number of hydrogen-bond acceptors (Lipinski definition) is 3. The number of carbonyl (C=O) groups excluding carboxylic acids is 1. The normalized spacial score (nSPS) is 13.4. The minimum absolute atomic E-state index is 0.165. The number of carboxylic acid groups (broad SMARTS) is 1. The van der Waals surface area contributed by atoms with Gasteiger partial charge in [-0.2, -0.15) is 0 Å². The number of carbonyl (C=O) groups is 2. The third-order valence-corrected chi connectivity index (χ3v) is 1.72. The minimum Gasteiger partial charge on any atom is -0.481 e. The van der Waals surface area contributed by atoms with Crippen molar-refractivity contribution in [2.45, 2.75) is 31.8 Å². The first kappa shape index (κ1) is 13.6. The van der Waals surface area contributed by atoms with Crippen molar-refractivity contribution < 1.29 is 19.8 Å². The fourth-order valence-corrected chi connectivity index (χ4v) is 0.977. The molecule has 84 valence electrons. The van der Waals surface area contributed by atoms with Gasteiger partial charge >= 0.3 is 5.97 Å². The van der Waals surface area contributed by atoms with Crippen molar-refractivity contribution in [3.05, 3.63) is 24.3 Å². The van der Waals surface area contributed by atoms with E-state index < -0.39 is 12.1 Å². The lowest BCUT2D eigenvalue weighted by Gasteiger charge is -1.98. The number of hydrogen-bond donors (Lipinski definition) is 2. The molecule has 1 unspecified atom stereocenters. The third-order valence-electron chi connectivity index (χ3n) is 1.72. The summed E-state index contributed by atoms with van der Waals surface area (Å²) in [4.78, 5) is 20.1. The molecule has 0 aromatic carbocycles. The summed E-state index contributed by atoms with van der Waals surface area (Å²) in [5, 5.41) is 17.6. The van der Waals surface area contributed by atoms with Gasteiger partial charge in [-0.15, -0.1) is 0 Å². The van der Waals surface area contributed by atoms with Gasteiger partial charge in [0.15, 0.2) is 0 Å². The molecule has 0 aliphatic carbocycles. The maximum absolute atomic E-state index is 10.2. The molecular formula is C11H16O4. The molecule has 4 heteroatoms. The van der Waals surface area contributed by atoms with E-state index in [1.165, 1.54) is 12.2 Å². The molecule has 0 aromatic heterocycles. The van der Waals surface area contributed by atoms with Crippen LogP contribution in [0, 0.1) is 0 Å². The lowest BCUT2D eigenvalue weighted by Crippen LogP contribution is -1.99. The molecule has 4 nitrogen and oxygen atoms in total. The summed E-state index contributed by atoms with van der Waals surface area (Å²) in [6.45, 7) is 0. The highest BCUT2D eigenvalue weighted by Gasteiger charge is 1.95. The Kier molecular flexibility index (Phi) is 8.28. The molecule has 0 radical (unpaired) electrons. The zero-order valence-corrected chi connectivity index (χ0v) is 8.50. The Hall–Kier alpha value is -1.42. The quantitative estimate of drug-likeness (QED) is 0.275. The third kappa shape index (κ3) is 10.5. The lowest BCUT2D eigenvalue weighted by atomic mass is 10.2. The Morgan fingerprint density at radius 1 is 1.33 bits per heavy atom. The molecule has 0 heterocycles. The van der Waals surface area contributed by atoms with Gasteiger partial charge in [0.25, 0.3) is 0 Å². The van der Waals surface area contributed by atoms with Crippen molar-refractivity contribution >= 4 is 12.3 Å². The second kappa shape index (κ2) is 9.15. The summed E-state index contributed by atoms with van der Waals surface area (Å²) in [7, 11) is 0. The average molecular weight is 212 g/mol. The van der Waals surface area contributed by atoms with E-state index >= 15 is 0 Å². The smallest absolute Gasteiger partial charge is 0.303 e. The molecule has 1 atom stereocenters. The summed E-state index contributed by atoms with van der Waals surface area (Å²) in [6, 6.07) is 0. The van der Waals surface area contributed by atoms with E-state index in [1.54, 1.807) is 6.08 Å². The molecule has 0 spiro atoms. The van der Waals surface area contributed by atoms with Gasteiger partial charge in [0.1, 0.15) is 6.29 Å². The van der Waals surface area contributed by atoms with E-state index in [1.807, 2.05) is 6.08 Å². The highest BCUT2D eigenvalue weighted by atomic mass is 16.4. The Bertz CT molecular complexity index is 243. The Balaban J connectivity index is 3.49. The molecule has 0 amide bonds.